The molecule has 1 saturated carbocycles. The molecule has 22 heavy (non-hydrogen) atoms. The summed E-state index contributed by atoms with van der Waals surface area (Å²) in [5.74, 6) is -0.249. The van der Waals surface area contributed by atoms with E-state index in [1.54, 1.807) is 0 Å². The van der Waals surface area contributed by atoms with Crippen LogP contribution in [-0.2, 0) is 14.0 Å². The van der Waals surface area contributed by atoms with Crippen molar-refractivity contribution in [3.8, 4) is 0 Å². The zero-order valence-electron chi connectivity index (χ0n) is 15.2. The third-order valence-corrected chi connectivity index (χ3v) is 9.97. The third kappa shape index (κ3) is 4.33. The summed E-state index contributed by atoms with van der Waals surface area (Å²) in [7, 11) is -1.93. The molecule has 0 heterocycles. The van der Waals surface area contributed by atoms with Crippen LogP contribution in [0.5, 0.6) is 0 Å². The van der Waals surface area contributed by atoms with E-state index in [0.717, 1.165) is 19.3 Å². The van der Waals surface area contributed by atoms with E-state index in [9.17, 15) is 9.90 Å². The fourth-order valence-corrected chi connectivity index (χ4v) is 3.80. The van der Waals surface area contributed by atoms with Crippen molar-refractivity contribution in [2.75, 3.05) is 13.2 Å². The SMILES string of the molecule is CCOC(=O)C1(C(O)CO[Si](C)(C)C(C)(C)C)CCCCC1. The normalized spacial score (nSPS) is 20.5. The van der Waals surface area contributed by atoms with E-state index in [0.29, 0.717) is 19.4 Å². The Hall–Kier alpha value is -0.393. The Morgan fingerprint density at radius 3 is 2.23 bits per heavy atom. The lowest BCUT2D eigenvalue weighted by atomic mass is 9.70. The molecule has 1 fully saturated rings. The molecule has 0 aromatic carbocycles. The number of aliphatic hydroxyl groups excluding tert-OH is 1. The molecule has 0 amide bonds. The van der Waals surface area contributed by atoms with E-state index < -0.39 is 19.8 Å². The summed E-state index contributed by atoms with van der Waals surface area (Å²) in [6.07, 6.45) is 3.69. The van der Waals surface area contributed by atoms with Gasteiger partial charge in [0, 0.05) is 0 Å². The lowest BCUT2D eigenvalue weighted by Gasteiger charge is -2.41. The van der Waals surface area contributed by atoms with Gasteiger partial charge in [-0.15, -0.1) is 0 Å². The van der Waals surface area contributed by atoms with Crippen LogP contribution in [0.2, 0.25) is 18.1 Å². The molecule has 130 valence electrons. The Balaban J connectivity index is 2.81. The number of carbonyl (C=O) groups is 1. The van der Waals surface area contributed by atoms with Crippen LogP contribution in [0.1, 0.15) is 59.8 Å². The minimum absolute atomic E-state index is 0.0936. The minimum atomic E-state index is -1.93. The van der Waals surface area contributed by atoms with Gasteiger partial charge in [-0.05, 0) is 37.9 Å². The van der Waals surface area contributed by atoms with Gasteiger partial charge < -0.3 is 14.3 Å². The first-order valence-electron chi connectivity index (χ1n) is 8.56. The van der Waals surface area contributed by atoms with Crippen LogP contribution in [0.15, 0.2) is 0 Å². The van der Waals surface area contributed by atoms with E-state index in [4.69, 9.17) is 9.16 Å². The largest absolute Gasteiger partial charge is 0.465 e. The number of rotatable bonds is 6. The van der Waals surface area contributed by atoms with E-state index in [-0.39, 0.29) is 17.6 Å². The average molecular weight is 331 g/mol. The topological polar surface area (TPSA) is 55.8 Å². The van der Waals surface area contributed by atoms with Gasteiger partial charge in [0.05, 0.1) is 24.7 Å². The van der Waals surface area contributed by atoms with Crippen LogP contribution >= 0.6 is 0 Å². The predicted molar refractivity (Wildman–Crippen MR) is 91.3 cm³/mol. The van der Waals surface area contributed by atoms with Gasteiger partial charge in [-0.25, -0.2) is 0 Å². The smallest absolute Gasteiger partial charge is 0.314 e. The Labute approximate surface area is 136 Å². The van der Waals surface area contributed by atoms with Crippen LogP contribution in [0, 0.1) is 5.41 Å². The van der Waals surface area contributed by atoms with Crippen LogP contribution in [0.25, 0.3) is 0 Å². The van der Waals surface area contributed by atoms with E-state index in [1.807, 2.05) is 6.92 Å². The van der Waals surface area contributed by atoms with Crippen molar-refractivity contribution >= 4 is 14.3 Å². The quantitative estimate of drug-likeness (QED) is 0.593. The number of ether oxygens (including phenoxy) is 1. The predicted octanol–water partition coefficient (Wildman–Crippen LogP) is 3.88. The van der Waals surface area contributed by atoms with Crippen molar-refractivity contribution in [3.63, 3.8) is 0 Å². The monoisotopic (exact) mass is 330 g/mol. The van der Waals surface area contributed by atoms with Gasteiger partial charge in [0.2, 0.25) is 0 Å². The average Bonchev–Trinajstić information content (AvgIpc) is 2.44. The van der Waals surface area contributed by atoms with Gasteiger partial charge in [0.15, 0.2) is 8.32 Å². The van der Waals surface area contributed by atoms with Crippen molar-refractivity contribution in [2.45, 2.75) is 84.0 Å². The highest BCUT2D eigenvalue weighted by molar-refractivity contribution is 6.74. The summed E-state index contributed by atoms with van der Waals surface area (Å²) >= 11 is 0. The first kappa shape index (κ1) is 19.7. The first-order chi connectivity index (χ1) is 10.1. The summed E-state index contributed by atoms with van der Waals surface area (Å²) < 4.78 is 11.4. The maximum Gasteiger partial charge on any atom is 0.314 e. The number of aliphatic hydroxyl groups is 1. The zero-order chi connectivity index (χ0) is 17.0. The Morgan fingerprint density at radius 2 is 1.77 bits per heavy atom. The van der Waals surface area contributed by atoms with Crippen LogP contribution in [0.3, 0.4) is 0 Å². The van der Waals surface area contributed by atoms with Crippen molar-refractivity contribution in [1.82, 2.24) is 0 Å². The Morgan fingerprint density at radius 1 is 1.23 bits per heavy atom. The lowest BCUT2D eigenvalue weighted by molar-refractivity contribution is -0.168. The van der Waals surface area contributed by atoms with Gasteiger partial charge in [-0.3, -0.25) is 4.79 Å². The highest BCUT2D eigenvalue weighted by atomic mass is 28.4. The van der Waals surface area contributed by atoms with Crippen molar-refractivity contribution in [1.29, 1.82) is 0 Å². The number of esters is 1. The molecule has 5 heteroatoms. The second-order valence-electron chi connectivity index (χ2n) is 8.02. The van der Waals surface area contributed by atoms with Gasteiger partial charge in [-0.2, -0.15) is 0 Å². The molecule has 1 atom stereocenters. The minimum Gasteiger partial charge on any atom is -0.465 e. The molecule has 1 unspecified atom stereocenters. The summed E-state index contributed by atoms with van der Waals surface area (Å²) in [5.41, 5.74) is -0.767. The second kappa shape index (κ2) is 7.45. The molecule has 4 nitrogen and oxygen atoms in total. The summed E-state index contributed by atoms with van der Waals surface area (Å²) in [6.45, 7) is 13.3. The Bertz CT molecular complexity index is 367. The van der Waals surface area contributed by atoms with Crippen molar-refractivity contribution < 1.29 is 19.1 Å². The number of hydrogen-bond donors (Lipinski definition) is 1. The third-order valence-electron chi connectivity index (χ3n) is 5.47. The van der Waals surface area contributed by atoms with E-state index >= 15 is 0 Å². The fourth-order valence-electron chi connectivity index (χ4n) is 2.79. The molecule has 0 radical (unpaired) electrons. The zero-order valence-corrected chi connectivity index (χ0v) is 16.2. The molecular formula is C17H34O4Si. The highest BCUT2D eigenvalue weighted by Gasteiger charge is 2.48. The van der Waals surface area contributed by atoms with Crippen molar-refractivity contribution in [3.05, 3.63) is 0 Å². The second-order valence-corrected chi connectivity index (χ2v) is 12.8. The number of hydrogen-bond acceptors (Lipinski definition) is 4. The molecule has 0 aromatic rings. The maximum absolute atomic E-state index is 12.5. The molecule has 0 aromatic heterocycles. The molecule has 0 spiro atoms. The summed E-state index contributed by atoms with van der Waals surface area (Å²) in [5, 5.41) is 10.8. The van der Waals surface area contributed by atoms with Crippen molar-refractivity contribution in [2.24, 2.45) is 5.41 Å². The molecule has 1 aliphatic rings. The molecule has 1 rings (SSSR count). The summed E-state index contributed by atoms with van der Waals surface area (Å²) in [6, 6.07) is 0. The van der Waals surface area contributed by atoms with Crippen LogP contribution in [0.4, 0.5) is 0 Å². The molecule has 0 bridgehead atoms. The van der Waals surface area contributed by atoms with Gasteiger partial charge in [0.25, 0.3) is 0 Å². The molecule has 1 aliphatic carbocycles. The molecule has 0 aliphatic heterocycles. The lowest BCUT2D eigenvalue weighted by Crippen LogP contribution is -2.50. The molecule has 1 N–H and O–H groups in total. The molecule has 0 saturated heterocycles. The van der Waals surface area contributed by atoms with Crippen LogP contribution in [-0.4, -0.2) is 38.7 Å². The summed E-state index contributed by atoms with van der Waals surface area (Å²) in [4.78, 5) is 12.5. The van der Waals surface area contributed by atoms with Gasteiger partial charge in [-0.1, -0.05) is 40.0 Å². The van der Waals surface area contributed by atoms with E-state index in [2.05, 4.69) is 33.9 Å². The van der Waals surface area contributed by atoms with Crippen LogP contribution < -0.4 is 0 Å². The highest BCUT2D eigenvalue weighted by Crippen LogP contribution is 2.42. The van der Waals surface area contributed by atoms with E-state index in [1.165, 1.54) is 0 Å². The number of carbonyl (C=O) groups excluding carboxylic acids is 1. The first-order valence-corrected chi connectivity index (χ1v) is 11.5. The maximum atomic E-state index is 12.5. The standard InChI is InChI=1S/C17H34O4Si/c1-7-20-15(19)17(11-9-8-10-12-17)14(18)13-21-22(5,6)16(2,3)4/h14,18H,7-13H2,1-6H3. The Kier molecular flexibility index (Phi) is 6.66. The molecular weight excluding hydrogens is 296 g/mol. The fraction of sp³-hybridized carbons (Fsp3) is 0.941. The van der Waals surface area contributed by atoms with Gasteiger partial charge >= 0.3 is 5.97 Å². The van der Waals surface area contributed by atoms with Gasteiger partial charge in [0.1, 0.15) is 0 Å².